The van der Waals surface area contributed by atoms with E-state index in [9.17, 15) is 0 Å². The molecule has 0 amide bonds. The van der Waals surface area contributed by atoms with E-state index < -0.39 is 0 Å². The zero-order chi connectivity index (χ0) is 9.80. The third-order valence-corrected chi connectivity index (χ3v) is 2.75. The second kappa shape index (κ2) is 4.30. The van der Waals surface area contributed by atoms with Gasteiger partial charge < -0.3 is 5.32 Å². The van der Waals surface area contributed by atoms with Crippen molar-refractivity contribution in [2.24, 2.45) is 0 Å². The Kier molecular flexibility index (Phi) is 2.86. The zero-order valence-electron chi connectivity index (χ0n) is 7.84. The van der Waals surface area contributed by atoms with Gasteiger partial charge in [0.1, 0.15) is 0 Å². The first-order valence-corrected chi connectivity index (χ1v) is 5.31. The second-order valence-corrected chi connectivity index (χ2v) is 3.69. The first kappa shape index (κ1) is 9.30. The highest BCUT2D eigenvalue weighted by Crippen LogP contribution is 2.21. The van der Waals surface area contributed by atoms with Gasteiger partial charge in [-0.15, -0.1) is 0 Å². The predicted molar refractivity (Wildman–Crippen MR) is 57.3 cm³/mol. The molecular weight excluding hydrogens is 194 g/mol. The van der Waals surface area contributed by atoms with Crippen molar-refractivity contribution in [2.45, 2.75) is 6.04 Å². The van der Waals surface area contributed by atoms with E-state index in [1.54, 1.807) is 29.9 Å². The van der Waals surface area contributed by atoms with E-state index >= 15 is 0 Å². The lowest BCUT2D eigenvalue weighted by Gasteiger charge is -2.13. The van der Waals surface area contributed by atoms with Crippen molar-refractivity contribution >= 4 is 11.3 Å². The average Bonchev–Trinajstić information content (AvgIpc) is 2.74. The van der Waals surface area contributed by atoms with Crippen molar-refractivity contribution in [3.63, 3.8) is 0 Å². The van der Waals surface area contributed by atoms with Gasteiger partial charge in [-0.3, -0.25) is 9.97 Å². The molecule has 0 aromatic carbocycles. The highest BCUT2D eigenvalue weighted by Gasteiger charge is 2.12. The van der Waals surface area contributed by atoms with Crippen LogP contribution in [-0.4, -0.2) is 17.0 Å². The van der Waals surface area contributed by atoms with Crippen LogP contribution in [-0.2, 0) is 0 Å². The Bertz CT molecular complexity index is 372. The van der Waals surface area contributed by atoms with Gasteiger partial charge in [0.2, 0.25) is 0 Å². The highest BCUT2D eigenvalue weighted by molar-refractivity contribution is 7.08. The Morgan fingerprint density at radius 1 is 1.43 bits per heavy atom. The van der Waals surface area contributed by atoms with Crippen LogP contribution in [0.3, 0.4) is 0 Å². The summed E-state index contributed by atoms with van der Waals surface area (Å²) in [5.41, 5.74) is 2.19. The van der Waals surface area contributed by atoms with Crippen LogP contribution in [0.4, 0.5) is 0 Å². The number of hydrogen-bond acceptors (Lipinski definition) is 4. The van der Waals surface area contributed by atoms with Gasteiger partial charge in [-0.05, 0) is 29.4 Å². The van der Waals surface area contributed by atoms with Crippen molar-refractivity contribution < 1.29 is 0 Å². The number of aromatic nitrogens is 2. The van der Waals surface area contributed by atoms with Gasteiger partial charge >= 0.3 is 0 Å². The molecule has 1 unspecified atom stereocenters. The molecule has 3 nitrogen and oxygen atoms in total. The molecule has 0 bridgehead atoms. The fourth-order valence-corrected chi connectivity index (χ4v) is 2.07. The Hall–Kier alpha value is -1.26. The average molecular weight is 205 g/mol. The molecule has 0 aliphatic rings. The molecule has 2 heterocycles. The molecule has 2 aromatic heterocycles. The van der Waals surface area contributed by atoms with E-state index in [1.807, 2.05) is 7.05 Å². The summed E-state index contributed by atoms with van der Waals surface area (Å²) >= 11 is 1.69. The predicted octanol–water partition coefficient (Wildman–Crippen LogP) is 1.85. The molecule has 2 aromatic rings. The molecule has 1 atom stereocenters. The van der Waals surface area contributed by atoms with Crippen LogP contribution in [0.2, 0.25) is 0 Å². The first-order valence-electron chi connectivity index (χ1n) is 4.37. The summed E-state index contributed by atoms with van der Waals surface area (Å²) in [6, 6.07) is 2.25. The number of hydrogen-bond donors (Lipinski definition) is 1. The fourth-order valence-electron chi connectivity index (χ4n) is 1.38. The first-order chi connectivity index (χ1) is 6.92. The number of rotatable bonds is 3. The Balaban J connectivity index is 2.31. The lowest BCUT2D eigenvalue weighted by molar-refractivity contribution is 0.669. The summed E-state index contributed by atoms with van der Waals surface area (Å²) in [7, 11) is 1.93. The van der Waals surface area contributed by atoms with Crippen molar-refractivity contribution in [1.82, 2.24) is 15.3 Å². The van der Waals surface area contributed by atoms with Crippen molar-refractivity contribution in [2.75, 3.05) is 7.05 Å². The standard InChI is InChI=1S/C10H11N3S/c1-11-10(8-2-5-14-7-8)9-6-12-3-4-13-9/h2-7,10-11H,1H3. The molecule has 0 aliphatic heterocycles. The normalized spacial score (nSPS) is 12.6. The van der Waals surface area contributed by atoms with E-state index in [-0.39, 0.29) is 6.04 Å². The summed E-state index contributed by atoms with van der Waals surface area (Å²) in [6.45, 7) is 0. The Morgan fingerprint density at radius 3 is 2.93 bits per heavy atom. The van der Waals surface area contributed by atoms with E-state index in [2.05, 4.69) is 32.1 Å². The van der Waals surface area contributed by atoms with E-state index in [1.165, 1.54) is 5.56 Å². The van der Waals surface area contributed by atoms with Gasteiger partial charge in [0.05, 0.1) is 17.9 Å². The largest absolute Gasteiger partial charge is 0.308 e. The van der Waals surface area contributed by atoms with Crippen LogP contribution in [0.15, 0.2) is 35.4 Å². The summed E-state index contributed by atoms with van der Waals surface area (Å²) < 4.78 is 0. The molecule has 0 fully saturated rings. The summed E-state index contributed by atoms with van der Waals surface area (Å²) in [5, 5.41) is 7.41. The van der Waals surface area contributed by atoms with Crippen LogP contribution in [0.1, 0.15) is 17.3 Å². The van der Waals surface area contributed by atoms with Gasteiger partial charge in [-0.25, -0.2) is 0 Å². The number of nitrogens with zero attached hydrogens (tertiary/aromatic N) is 2. The van der Waals surface area contributed by atoms with Gasteiger partial charge in [0, 0.05) is 12.4 Å². The summed E-state index contributed by atoms with van der Waals surface area (Å²) in [4.78, 5) is 8.35. The molecular formula is C10H11N3S. The van der Waals surface area contributed by atoms with Crippen molar-refractivity contribution in [3.8, 4) is 0 Å². The monoisotopic (exact) mass is 205 g/mol. The van der Waals surface area contributed by atoms with Crippen LogP contribution in [0, 0.1) is 0 Å². The highest BCUT2D eigenvalue weighted by atomic mass is 32.1. The van der Waals surface area contributed by atoms with Gasteiger partial charge in [0.25, 0.3) is 0 Å². The molecule has 4 heteroatoms. The minimum Gasteiger partial charge on any atom is -0.308 e. The maximum atomic E-state index is 4.29. The minimum atomic E-state index is 0.148. The molecule has 0 radical (unpaired) electrons. The SMILES string of the molecule is CNC(c1ccsc1)c1cnccn1. The van der Waals surface area contributed by atoms with Gasteiger partial charge in [-0.2, -0.15) is 11.3 Å². The molecule has 0 saturated heterocycles. The van der Waals surface area contributed by atoms with E-state index in [0.29, 0.717) is 0 Å². The molecule has 0 aliphatic carbocycles. The van der Waals surface area contributed by atoms with Gasteiger partial charge in [0.15, 0.2) is 0 Å². The topological polar surface area (TPSA) is 37.8 Å². The zero-order valence-corrected chi connectivity index (χ0v) is 8.66. The lowest BCUT2D eigenvalue weighted by Crippen LogP contribution is -2.18. The number of nitrogens with one attached hydrogen (secondary N) is 1. The third kappa shape index (κ3) is 1.81. The maximum Gasteiger partial charge on any atom is 0.0801 e. The lowest BCUT2D eigenvalue weighted by atomic mass is 10.1. The summed E-state index contributed by atoms with van der Waals surface area (Å²) in [6.07, 6.45) is 5.19. The molecule has 72 valence electrons. The summed E-state index contributed by atoms with van der Waals surface area (Å²) in [5.74, 6) is 0. The maximum absolute atomic E-state index is 4.29. The second-order valence-electron chi connectivity index (χ2n) is 2.91. The Morgan fingerprint density at radius 2 is 2.36 bits per heavy atom. The molecule has 1 N–H and O–H groups in total. The quantitative estimate of drug-likeness (QED) is 0.831. The van der Waals surface area contributed by atoms with Crippen LogP contribution in [0.5, 0.6) is 0 Å². The fraction of sp³-hybridized carbons (Fsp3) is 0.200. The van der Waals surface area contributed by atoms with Crippen molar-refractivity contribution in [1.29, 1.82) is 0 Å². The minimum absolute atomic E-state index is 0.148. The molecule has 2 rings (SSSR count). The Labute approximate surface area is 86.8 Å². The van der Waals surface area contributed by atoms with Crippen LogP contribution in [0.25, 0.3) is 0 Å². The number of thiophene rings is 1. The molecule has 0 spiro atoms. The smallest absolute Gasteiger partial charge is 0.0801 e. The van der Waals surface area contributed by atoms with Crippen molar-refractivity contribution in [3.05, 3.63) is 46.7 Å². The van der Waals surface area contributed by atoms with Gasteiger partial charge in [-0.1, -0.05) is 0 Å². The third-order valence-electron chi connectivity index (χ3n) is 2.04. The molecule has 0 saturated carbocycles. The molecule has 14 heavy (non-hydrogen) atoms. The van der Waals surface area contributed by atoms with E-state index in [0.717, 1.165) is 5.69 Å². The van der Waals surface area contributed by atoms with Crippen LogP contribution < -0.4 is 5.32 Å². The van der Waals surface area contributed by atoms with Crippen LogP contribution >= 0.6 is 11.3 Å². The van der Waals surface area contributed by atoms with E-state index in [4.69, 9.17) is 0 Å².